The largest absolute Gasteiger partial charge is 0.465 e. The molecule has 0 aromatic carbocycles. The van der Waals surface area contributed by atoms with E-state index in [0.717, 1.165) is 12.8 Å². The van der Waals surface area contributed by atoms with Gasteiger partial charge in [-0.2, -0.15) is 0 Å². The summed E-state index contributed by atoms with van der Waals surface area (Å²) in [5.74, 6) is -0.900. The van der Waals surface area contributed by atoms with Crippen LogP contribution < -0.4 is 0 Å². The van der Waals surface area contributed by atoms with Crippen molar-refractivity contribution in [2.75, 3.05) is 19.8 Å². The smallest absolute Gasteiger partial charge is 0.305 e. The van der Waals surface area contributed by atoms with E-state index in [0.29, 0.717) is 25.7 Å². The van der Waals surface area contributed by atoms with Gasteiger partial charge in [0, 0.05) is 12.8 Å². The first-order chi connectivity index (χ1) is 12.3. The Bertz CT molecular complexity index is 365. The van der Waals surface area contributed by atoms with Gasteiger partial charge in [0.15, 0.2) is 0 Å². The van der Waals surface area contributed by atoms with Gasteiger partial charge in [-0.1, -0.05) is 33.6 Å². The second-order valence-electron chi connectivity index (χ2n) is 7.25. The van der Waals surface area contributed by atoms with E-state index in [-0.39, 0.29) is 32.7 Å². The van der Waals surface area contributed by atoms with Crippen LogP contribution in [0.15, 0.2) is 0 Å². The number of rotatable bonds is 15. The van der Waals surface area contributed by atoms with Crippen molar-refractivity contribution in [3.05, 3.63) is 0 Å². The van der Waals surface area contributed by atoms with Crippen molar-refractivity contribution >= 4 is 11.9 Å². The predicted molar refractivity (Wildman–Crippen MR) is 97.4 cm³/mol. The fraction of sp³-hybridized carbons (Fsp3) is 0.895. The van der Waals surface area contributed by atoms with Crippen LogP contribution >= 0.6 is 0 Å². The highest BCUT2D eigenvalue weighted by Crippen LogP contribution is 2.18. The molecule has 2 unspecified atom stereocenters. The van der Waals surface area contributed by atoms with Gasteiger partial charge in [-0.15, -0.1) is 0 Å². The molecule has 0 bridgehead atoms. The van der Waals surface area contributed by atoms with Crippen LogP contribution in [-0.4, -0.2) is 59.3 Å². The third kappa shape index (κ3) is 12.2. The lowest BCUT2D eigenvalue weighted by atomic mass is 9.94. The Balaban J connectivity index is 4.14. The molecule has 26 heavy (non-hydrogen) atoms. The first-order valence-corrected chi connectivity index (χ1v) is 9.54. The van der Waals surface area contributed by atoms with Gasteiger partial charge >= 0.3 is 11.9 Å². The molecule has 0 aliphatic heterocycles. The fourth-order valence-electron chi connectivity index (χ4n) is 2.31. The van der Waals surface area contributed by atoms with Gasteiger partial charge in [-0.25, -0.2) is 0 Å². The monoisotopic (exact) mass is 376 g/mol. The number of carbonyl (C=O) groups is 2. The molecular weight excluding hydrogens is 340 g/mol. The van der Waals surface area contributed by atoms with Crippen molar-refractivity contribution in [3.8, 4) is 0 Å². The minimum absolute atomic E-state index is 0.0715. The van der Waals surface area contributed by atoms with Gasteiger partial charge in [0.05, 0.1) is 24.2 Å². The Morgan fingerprint density at radius 1 is 0.846 bits per heavy atom. The third-order valence-corrected chi connectivity index (χ3v) is 4.15. The molecule has 0 spiro atoms. The average Bonchev–Trinajstić information content (AvgIpc) is 2.62. The zero-order valence-corrected chi connectivity index (χ0v) is 16.4. The lowest BCUT2D eigenvalue weighted by molar-refractivity contribution is -0.155. The summed E-state index contributed by atoms with van der Waals surface area (Å²) in [6, 6.07) is 0. The van der Waals surface area contributed by atoms with Crippen LogP contribution in [0.3, 0.4) is 0 Å². The molecule has 0 saturated heterocycles. The zero-order valence-electron chi connectivity index (χ0n) is 16.4. The summed E-state index contributed by atoms with van der Waals surface area (Å²) in [6.45, 7) is 5.13. The first kappa shape index (κ1) is 24.8. The van der Waals surface area contributed by atoms with Crippen LogP contribution in [0.2, 0.25) is 0 Å². The zero-order chi connectivity index (χ0) is 20.0. The first-order valence-electron chi connectivity index (χ1n) is 9.54. The van der Waals surface area contributed by atoms with Crippen molar-refractivity contribution in [1.29, 1.82) is 0 Å². The van der Waals surface area contributed by atoms with Gasteiger partial charge in [-0.3, -0.25) is 9.59 Å². The van der Waals surface area contributed by atoms with E-state index < -0.39 is 29.6 Å². The van der Waals surface area contributed by atoms with Gasteiger partial charge in [0.1, 0.15) is 13.2 Å². The van der Waals surface area contributed by atoms with Crippen LogP contribution in [0.4, 0.5) is 0 Å². The van der Waals surface area contributed by atoms with Crippen LogP contribution in [0, 0.1) is 5.41 Å². The van der Waals surface area contributed by atoms with Crippen molar-refractivity contribution in [3.63, 3.8) is 0 Å². The molecule has 0 aliphatic carbocycles. The SMILES string of the molecule is CCCC(O)CCC(=O)OCC(C)(CO)COC(=O)CCC(O)CCC. The maximum atomic E-state index is 11.7. The predicted octanol–water partition coefficient (Wildman–Crippen LogP) is 1.95. The summed E-state index contributed by atoms with van der Waals surface area (Å²) in [7, 11) is 0. The molecule has 0 saturated carbocycles. The van der Waals surface area contributed by atoms with E-state index in [9.17, 15) is 24.9 Å². The van der Waals surface area contributed by atoms with E-state index in [2.05, 4.69) is 0 Å². The summed E-state index contributed by atoms with van der Waals surface area (Å²) in [5, 5.41) is 28.8. The maximum Gasteiger partial charge on any atom is 0.305 e. The Labute approximate surface area is 156 Å². The number of aliphatic hydroxyl groups excluding tert-OH is 3. The molecule has 7 nitrogen and oxygen atoms in total. The minimum Gasteiger partial charge on any atom is -0.465 e. The topological polar surface area (TPSA) is 113 Å². The number of hydrogen-bond donors (Lipinski definition) is 3. The molecule has 0 amide bonds. The van der Waals surface area contributed by atoms with E-state index in [1.807, 2.05) is 13.8 Å². The lowest BCUT2D eigenvalue weighted by Crippen LogP contribution is -2.35. The Morgan fingerprint density at radius 3 is 1.54 bits per heavy atom. The van der Waals surface area contributed by atoms with Crippen LogP contribution in [-0.2, 0) is 19.1 Å². The van der Waals surface area contributed by atoms with Crippen molar-refractivity contribution < 1.29 is 34.4 Å². The van der Waals surface area contributed by atoms with E-state index >= 15 is 0 Å². The van der Waals surface area contributed by atoms with Gasteiger partial charge in [-0.05, 0) is 25.7 Å². The maximum absolute atomic E-state index is 11.7. The molecule has 0 rings (SSSR count). The molecule has 0 fully saturated rings. The number of carbonyl (C=O) groups excluding carboxylic acids is 2. The Morgan fingerprint density at radius 2 is 1.23 bits per heavy atom. The van der Waals surface area contributed by atoms with Crippen LogP contribution in [0.1, 0.15) is 72.1 Å². The van der Waals surface area contributed by atoms with E-state index in [1.165, 1.54) is 0 Å². The summed E-state index contributed by atoms with van der Waals surface area (Å²) in [6.07, 6.45) is 2.86. The molecule has 0 aromatic heterocycles. The van der Waals surface area contributed by atoms with Crippen molar-refractivity contribution in [2.24, 2.45) is 5.41 Å². The standard InChI is InChI=1S/C19H36O7/c1-4-6-15(21)8-10-17(23)25-13-19(3,12-20)14-26-18(24)11-9-16(22)7-5-2/h15-16,20-22H,4-14H2,1-3H3. The summed E-state index contributed by atoms with van der Waals surface area (Å²) >= 11 is 0. The normalized spacial score (nSPS) is 15.8. The molecule has 2 atom stereocenters. The molecule has 0 aromatic rings. The summed E-state index contributed by atoms with van der Waals surface area (Å²) in [4.78, 5) is 23.5. The minimum atomic E-state index is -0.880. The van der Waals surface area contributed by atoms with Gasteiger partial charge < -0.3 is 24.8 Å². The van der Waals surface area contributed by atoms with E-state index in [4.69, 9.17) is 9.47 Å². The highest BCUT2D eigenvalue weighted by atomic mass is 16.5. The second kappa shape index (κ2) is 13.9. The second-order valence-corrected chi connectivity index (χ2v) is 7.25. The fourth-order valence-corrected chi connectivity index (χ4v) is 2.31. The molecule has 7 heteroatoms. The van der Waals surface area contributed by atoms with E-state index in [1.54, 1.807) is 6.92 Å². The van der Waals surface area contributed by atoms with Crippen molar-refractivity contribution in [1.82, 2.24) is 0 Å². The lowest BCUT2D eigenvalue weighted by Gasteiger charge is -2.26. The molecule has 0 radical (unpaired) electrons. The highest BCUT2D eigenvalue weighted by Gasteiger charge is 2.28. The average molecular weight is 376 g/mol. The van der Waals surface area contributed by atoms with Gasteiger partial charge in [0.25, 0.3) is 0 Å². The number of hydrogen-bond acceptors (Lipinski definition) is 7. The van der Waals surface area contributed by atoms with Crippen LogP contribution in [0.5, 0.6) is 0 Å². The number of ether oxygens (including phenoxy) is 2. The summed E-state index contributed by atoms with van der Waals surface area (Å²) < 4.78 is 10.3. The number of aliphatic hydroxyl groups is 3. The summed E-state index contributed by atoms with van der Waals surface area (Å²) in [5.41, 5.74) is -0.880. The Kier molecular flexibility index (Phi) is 13.3. The van der Waals surface area contributed by atoms with Crippen molar-refractivity contribution in [2.45, 2.75) is 84.3 Å². The Hall–Kier alpha value is -1.18. The molecule has 3 N–H and O–H groups in total. The third-order valence-electron chi connectivity index (χ3n) is 4.15. The molecule has 0 heterocycles. The molecule has 0 aliphatic rings. The molecule has 154 valence electrons. The highest BCUT2D eigenvalue weighted by molar-refractivity contribution is 5.70. The van der Waals surface area contributed by atoms with Crippen LogP contribution in [0.25, 0.3) is 0 Å². The van der Waals surface area contributed by atoms with Gasteiger partial charge in [0.2, 0.25) is 0 Å². The molecular formula is C19H36O7. The number of esters is 2. The quantitative estimate of drug-likeness (QED) is 0.374.